The Morgan fingerprint density at radius 1 is 1.62 bits per heavy atom. The van der Waals surface area contributed by atoms with Crippen LogP contribution in [0, 0.1) is 18.3 Å². The molecule has 0 atom stereocenters. The number of aromatic nitrogens is 2. The molecule has 1 N–H and O–H groups in total. The van der Waals surface area contributed by atoms with Crippen molar-refractivity contribution in [2.75, 3.05) is 0 Å². The molecule has 64 valence electrons. The van der Waals surface area contributed by atoms with Gasteiger partial charge in [-0.25, -0.2) is 4.98 Å². The van der Waals surface area contributed by atoms with Crippen molar-refractivity contribution in [3.63, 3.8) is 0 Å². The van der Waals surface area contributed by atoms with E-state index in [4.69, 9.17) is 5.26 Å². The van der Waals surface area contributed by atoms with Crippen molar-refractivity contribution >= 4 is 27.0 Å². The second kappa shape index (κ2) is 2.86. The highest BCUT2D eigenvalue weighted by atomic mass is 79.9. The molecule has 4 heteroatoms. The summed E-state index contributed by atoms with van der Waals surface area (Å²) in [7, 11) is 0. The maximum atomic E-state index is 8.83. The van der Waals surface area contributed by atoms with Crippen LogP contribution in [0.25, 0.3) is 11.0 Å². The summed E-state index contributed by atoms with van der Waals surface area (Å²) < 4.78 is 0.927. The summed E-state index contributed by atoms with van der Waals surface area (Å²) in [5.41, 5.74) is 2.45. The van der Waals surface area contributed by atoms with Crippen molar-refractivity contribution in [1.82, 2.24) is 9.97 Å². The molecule has 13 heavy (non-hydrogen) atoms. The summed E-state index contributed by atoms with van der Waals surface area (Å²) in [5.74, 6) is 0. The lowest BCUT2D eigenvalue weighted by Crippen LogP contribution is -1.83. The van der Waals surface area contributed by atoms with Crippen molar-refractivity contribution in [2.45, 2.75) is 6.92 Å². The minimum Gasteiger partial charge on any atom is -0.345 e. The first-order valence-corrected chi connectivity index (χ1v) is 4.55. The summed E-state index contributed by atoms with van der Waals surface area (Å²) in [6, 6.07) is 2.13. The molecule has 0 saturated carbocycles. The van der Waals surface area contributed by atoms with Gasteiger partial charge in [0.1, 0.15) is 11.7 Å². The molecule has 0 fully saturated rings. The van der Waals surface area contributed by atoms with Gasteiger partial charge in [-0.15, -0.1) is 0 Å². The summed E-state index contributed by atoms with van der Waals surface area (Å²) in [6.07, 6.45) is 3.41. The van der Waals surface area contributed by atoms with Gasteiger partial charge in [0.25, 0.3) is 0 Å². The number of pyridine rings is 1. The number of halogens is 1. The fourth-order valence-electron chi connectivity index (χ4n) is 1.32. The molecule has 2 aromatic heterocycles. The first kappa shape index (κ1) is 8.27. The molecule has 0 amide bonds. The molecule has 0 radical (unpaired) electrons. The fourth-order valence-corrected chi connectivity index (χ4v) is 1.62. The Hall–Kier alpha value is -1.34. The quantitative estimate of drug-likeness (QED) is 0.763. The standard InChI is InChI=1S/C9H6BrN3/c1-5-7(10)4-13-9-8(5)6(2-11)3-12-9/h3-4H,1H3,(H,12,13). The zero-order valence-electron chi connectivity index (χ0n) is 6.93. The summed E-state index contributed by atoms with van der Waals surface area (Å²) in [4.78, 5) is 7.11. The van der Waals surface area contributed by atoms with Gasteiger partial charge in [-0.1, -0.05) is 0 Å². The van der Waals surface area contributed by atoms with Gasteiger partial charge in [0.15, 0.2) is 0 Å². The zero-order valence-corrected chi connectivity index (χ0v) is 8.51. The normalized spacial score (nSPS) is 10.2. The van der Waals surface area contributed by atoms with Gasteiger partial charge in [0.2, 0.25) is 0 Å². The predicted molar refractivity (Wildman–Crippen MR) is 53.2 cm³/mol. The lowest BCUT2D eigenvalue weighted by molar-refractivity contribution is 1.29. The molecule has 0 saturated heterocycles. The minimum absolute atomic E-state index is 0.640. The van der Waals surface area contributed by atoms with E-state index in [1.54, 1.807) is 12.4 Å². The van der Waals surface area contributed by atoms with Crippen molar-refractivity contribution in [3.8, 4) is 6.07 Å². The number of nitrogens with one attached hydrogen (secondary N) is 1. The summed E-state index contributed by atoms with van der Waals surface area (Å²) >= 11 is 3.38. The van der Waals surface area contributed by atoms with E-state index in [0.29, 0.717) is 5.56 Å². The Morgan fingerprint density at radius 3 is 3.08 bits per heavy atom. The average molecular weight is 236 g/mol. The number of rotatable bonds is 0. The molecule has 2 rings (SSSR count). The van der Waals surface area contributed by atoms with Gasteiger partial charge in [-0.05, 0) is 28.4 Å². The first-order valence-electron chi connectivity index (χ1n) is 3.76. The van der Waals surface area contributed by atoms with Crippen LogP contribution in [-0.4, -0.2) is 9.97 Å². The van der Waals surface area contributed by atoms with E-state index in [9.17, 15) is 0 Å². The van der Waals surface area contributed by atoms with Gasteiger partial charge in [0.05, 0.1) is 5.56 Å². The van der Waals surface area contributed by atoms with Gasteiger partial charge >= 0.3 is 0 Å². The molecule has 2 aromatic rings. The lowest BCUT2D eigenvalue weighted by atomic mass is 10.1. The smallest absolute Gasteiger partial charge is 0.138 e. The van der Waals surface area contributed by atoms with E-state index in [1.807, 2.05) is 6.92 Å². The second-order valence-electron chi connectivity index (χ2n) is 2.77. The third-order valence-corrected chi connectivity index (χ3v) is 2.82. The number of fused-ring (bicyclic) bond motifs is 1. The zero-order chi connectivity index (χ0) is 9.42. The second-order valence-corrected chi connectivity index (χ2v) is 3.62. The first-order chi connectivity index (χ1) is 6.24. The van der Waals surface area contributed by atoms with E-state index in [0.717, 1.165) is 21.1 Å². The van der Waals surface area contributed by atoms with Gasteiger partial charge < -0.3 is 4.98 Å². The number of nitriles is 1. The molecule has 0 aromatic carbocycles. The van der Waals surface area contributed by atoms with Crippen molar-refractivity contribution in [3.05, 3.63) is 28.0 Å². The van der Waals surface area contributed by atoms with Crippen LogP contribution in [0.5, 0.6) is 0 Å². The van der Waals surface area contributed by atoms with Crippen LogP contribution in [0.2, 0.25) is 0 Å². The van der Waals surface area contributed by atoms with Gasteiger partial charge in [0, 0.05) is 22.3 Å². The van der Waals surface area contributed by atoms with Crippen LogP contribution >= 0.6 is 15.9 Å². The molecule has 0 unspecified atom stereocenters. The van der Waals surface area contributed by atoms with Gasteiger partial charge in [-0.2, -0.15) is 5.26 Å². The highest BCUT2D eigenvalue weighted by molar-refractivity contribution is 9.10. The van der Waals surface area contributed by atoms with Crippen molar-refractivity contribution in [2.24, 2.45) is 0 Å². The number of aryl methyl sites for hydroxylation is 1. The van der Waals surface area contributed by atoms with Crippen LogP contribution in [0.3, 0.4) is 0 Å². The number of hydrogen-bond acceptors (Lipinski definition) is 2. The topological polar surface area (TPSA) is 52.5 Å². The SMILES string of the molecule is Cc1c(Br)cnc2[nH]cc(C#N)c12. The Bertz CT molecular complexity index is 507. The predicted octanol–water partition coefficient (Wildman–Crippen LogP) is 2.51. The monoisotopic (exact) mass is 235 g/mol. The van der Waals surface area contributed by atoms with Crippen LogP contribution in [0.4, 0.5) is 0 Å². The summed E-state index contributed by atoms with van der Waals surface area (Å²) in [6.45, 7) is 1.96. The number of H-pyrrole nitrogens is 1. The van der Waals surface area contributed by atoms with E-state index >= 15 is 0 Å². The molecule has 3 nitrogen and oxygen atoms in total. The van der Waals surface area contributed by atoms with Crippen molar-refractivity contribution < 1.29 is 0 Å². The average Bonchev–Trinajstić information content (AvgIpc) is 2.55. The Kier molecular flexibility index (Phi) is 1.82. The van der Waals surface area contributed by atoms with Crippen LogP contribution in [-0.2, 0) is 0 Å². The molecule has 0 spiro atoms. The Morgan fingerprint density at radius 2 is 2.38 bits per heavy atom. The molecule has 0 aliphatic rings. The third kappa shape index (κ3) is 1.12. The number of hydrogen-bond donors (Lipinski definition) is 1. The van der Waals surface area contributed by atoms with E-state index in [2.05, 4.69) is 32.0 Å². The van der Waals surface area contributed by atoms with Gasteiger partial charge in [-0.3, -0.25) is 0 Å². The van der Waals surface area contributed by atoms with E-state index in [1.165, 1.54) is 0 Å². The van der Waals surface area contributed by atoms with E-state index < -0.39 is 0 Å². The Balaban J connectivity index is 2.95. The number of aromatic amines is 1. The fraction of sp³-hybridized carbons (Fsp3) is 0.111. The van der Waals surface area contributed by atoms with Crippen LogP contribution in [0.1, 0.15) is 11.1 Å². The third-order valence-electron chi connectivity index (χ3n) is 2.02. The van der Waals surface area contributed by atoms with Crippen molar-refractivity contribution in [1.29, 1.82) is 5.26 Å². The highest BCUT2D eigenvalue weighted by Crippen LogP contribution is 2.25. The largest absolute Gasteiger partial charge is 0.345 e. The maximum Gasteiger partial charge on any atom is 0.138 e. The molecular weight excluding hydrogens is 230 g/mol. The number of nitrogens with zero attached hydrogens (tertiary/aromatic N) is 2. The molecular formula is C9H6BrN3. The summed E-state index contributed by atoms with van der Waals surface area (Å²) in [5, 5.41) is 9.73. The van der Waals surface area contributed by atoms with Crippen LogP contribution < -0.4 is 0 Å². The van der Waals surface area contributed by atoms with Crippen LogP contribution in [0.15, 0.2) is 16.9 Å². The Labute approximate surface area is 83.5 Å². The van der Waals surface area contributed by atoms with E-state index in [-0.39, 0.29) is 0 Å². The molecule has 2 heterocycles. The molecule has 0 aliphatic heterocycles. The molecule has 0 aliphatic carbocycles. The maximum absolute atomic E-state index is 8.83. The highest BCUT2D eigenvalue weighted by Gasteiger charge is 2.08. The minimum atomic E-state index is 0.640. The lowest BCUT2D eigenvalue weighted by Gasteiger charge is -1.98. The molecule has 0 bridgehead atoms.